The van der Waals surface area contributed by atoms with E-state index in [0.717, 1.165) is 32.1 Å². The first-order valence-electron chi connectivity index (χ1n) is 5.88. The number of halogens is 1. The second kappa shape index (κ2) is 5.93. The van der Waals surface area contributed by atoms with Crippen LogP contribution in [0.25, 0.3) is 0 Å². The number of pyridine rings is 1. The summed E-state index contributed by atoms with van der Waals surface area (Å²) < 4.78 is 24.0. The summed E-state index contributed by atoms with van der Waals surface area (Å²) >= 11 is 0. The molecule has 4 nitrogen and oxygen atoms in total. The average Bonchev–Trinajstić information content (AvgIpc) is 2.38. The van der Waals surface area contributed by atoms with Gasteiger partial charge in [-0.15, -0.1) is 0 Å². The van der Waals surface area contributed by atoms with Gasteiger partial charge in [0.1, 0.15) is 12.4 Å². The number of rotatable bonds is 4. The Morgan fingerprint density at radius 1 is 1.53 bits per heavy atom. The fourth-order valence-electron chi connectivity index (χ4n) is 1.86. The number of nitrogens with two attached hydrogens (primary N) is 1. The fourth-order valence-corrected chi connectivity index (χ4v) is 1.86. The van der Waals surface area contributed by atoms with Gasteiger partial charge in [0.25, 0.3) is 0 Å². The fraction of sp³-hybridized carbons (Fsp3) is 0.583. The Hall–Kier alpha value is -1.20. The van der Waals surface area contributed by atoms with Crippen molar-refractivity contribution in [2.45, 2.75) is 31.9 Å². The Labute approximate surface area is 99.9 Å². The van der Waals surface area contributed by atoms with Gasteiger partial charge in [-0.05, 0) is 25.3 Å². The molecule has 2 N–H and O–H groups in total. The summed E-state index contributed by atoms with van der Waals surface area (Å²) in [4.78, 5) is 3.90. The zero-order valence-electron chi connectivity index (χ0n) is 9.69. The zero-order valence-corrected chi connectivity index (χ0v) is 9.69. The maximum absolute atomic E-state index is 12.9. The Bertz CT molecular complexity index is 368. The SMILES string of the molecule is NCc1cc(F)cnc1OCC1CCCCO1. The topological polar surface area (TPSA) is 57.4 Å². The molecule has 0 saturated carbocycles. The summed E-state index contributed by atoms with van der Waals surface area (Å²) in [5, 5.41) is 0. The van der Waals surface area contributed by atoms with Gasteiger partial charge in [0.05, 0.1) is 12.3 Å². The standard InChI is InChI=1S/C12H17FN2O2/c13-10-5-9(6-14)12(15-7-10)17-8-11-3-1-2-4-16-11/h5,7,11H,1-4,6,8,14H2. The molecule has 0 bridgehead atoms. The van der Waals surface area contributed by atoms with Crippen LogP contribution in [0.4, 0.5) is 4.39 Å². The van der Waals surface area contributed by atoms with E-state index in [1.54, 1.807) is 0 Å². The van der Waals surface area contributed by atoms with Crippen molar-refractivity contribution in [3.63, 3.8) is 0 Å². The van der Waals surface area contributed by atoms with E-state index in [1.807, 2.05) is 0 Å². The molecule has 94 valence electrons. The van der Waals surface area contributed by atoms with Crippen molar-refractivity contribution in [2.75, 3.05) is 13.2 Å². The van der Waals surface area contributed by atoms with E-state index in [2.05, 4.69) is 4.98 Å². The molecular weight excluding hydrogens is 223 g/mol. The van der Waals surface area contributed by atoms with Crippen LogP contribution in [-0.2, 0) is 11.3 Å². The summed E-state index contributed by atoms with van der Waals surface area (Å²) in [7, 11) is 0. The number of hydrogen-bond acceptors (Lipinski definition) is 4. The highest BCUT2D eigenvalue weighted by Crippen LogP contribution is 2.18. The van der Waals surface area contributed by atoms with Crippen molar-refractivity contribution >= 4 is 0 Å². The summed E-state index contributed by atoms with van der Waals surface area (Å²) in [6, 6.07) is 1.35. The van der Waals surface area contributed by atoms with E-state index in [9.17, 15) is 4.39 Å². The van der Waals surface area contributed by atoms with Gasteiger partial charge in [0.2, 0.25) is 5.88 Å². The monoisotopic (exact) mass is 240 g/mol. The highest BCUT2D eigenvalue weighted by molar-refractivity contribution is 5.25. The molecule has 0 aliphatic carbocycles. The molecule has 5 heteroatoms. The first-order valence-corrected chi connectivity index (χ1v) is 5.88. The van der Waals surface area contributed by atoms with Crippen LogP contribution >= 0.6 is 0 Å². The van der Waals surface area contributed by atoms with Crippen molar-refractivity contribution in [3.8, 4) is 5.88 Å². The summed E-state index contributed by atoms with van der Waals surface area (Å²) in [6.45, 7) is 1.45. The molecule has 0 amide bonds. The Kier molecular flexibility index (Phi) is 4.28. The van der Waals surface area contributed by atoms with Crippen LogP contribution in [0.2, 0.25) is 0 Å². The van der Waals surface area contributed by atoms with Gasteiger partial charge in [-0.1, -0.05) is 0 Å². The predicted molar refractivity (Wildman–Crippen MR) is 61.2 cm³/mol. The van der Waals surface area contributed by atoms with Crippen molar-refractivity contribution < 1.29 is 13.9 Å². The van der Waals surface area contributed by atoms with Gasteiger partial charge in [-0.3, -0.25) is 0 Å². The summed E-state index contributed by atoms with van der Waals surface area (Å²) in [6.07, 6.45) is 4.52. The van der Waals surface area contributed by atoms with E-state index in [0.29, 0.717) is 18.1 Å². The first kappa shape index (κ1) is 12.3. The lowest BCUT2D eigenvalue weighted by atomic mass is 10.1. The third-order valence-corrected chi connectivity index (χ3v) is 2.79. The Morgan fingerprint density at radius 2 is 2.41 bits per heavy atom. The zero-order chi connectivity index (χ0) is 12.1. The molecular formula is C12H17FN2O2. The minimum absolute atomic E-state index is 0.112. The number of aromatic nitrogens is 1. The third-order valence-electron chi connectivity index (χ3n) is 2.79. The molecule has 0 spiro atoms. The molecule has 0 aromatic carbocycles. The van der Waals surface area contributed by atoms with Gasteiger partial charge >= 0.3 is 0 Å². The van der Waals surface area contributed by atoms with Crippen LogP contribution in [-0.4, -0.2) is 24.3 Å². The molecule has 1 unspecified atom stereocenters. The highest BCUT2D eigenvalue weighted by Gasteiger charge is 2.15. The molecule has 1 atom stereocenters. The Morgan fingerprint density at radius 3 is 3.12 bits per heavy atom. The summed E-state index contributed by atoms with van der Waals surface area (Å²) in [5.74, 6) is 0.00906. The molecule has 0 radical (unpaired) electrons. The largest absolute Gasteiger partial charge is 0.475 e. The van der Waals surface area contributed by atoms with Gasteiger partial charge in [0, 0.05) is 18.7 Å². The number of nitrogens with zero attached hydrogens (tertiary/aromatic N) is 1. The smallest absolute Gasteiger partial charge is 0.218 e. The lowest BCUT2D eigenvalue weighted by Gasteiger charge is -2.22. The van der Waals surface area contributed by atoms with Gasteiger partial charge in [0.15, 0.2) is 0 Å². The van der Waals surface area contributed by atoms with Gasteiger partial charge < -0.3 is 15.2 Å². The number of ether oxygens (including phenoxy) is 2. The Balaban J connectivity index is 1.93. The minimum Gasteiger partial charge on any atom is -0.475 e. The molecule has 17 heavy (non-hydrogen) atoms. The molecule has 1 aliphatic rings. The highest BCUT2D eigenvalue weighted by atomic mass is 19.1. The van der Waals surface area contributed by atoms with E-state index in [1.165, 1.54) is 6.07 Å². The van der Waals surface area contributed by atoms with Crippen LogP contribution < -0.4 is 10.5 Å². The predicted octanol–water partition coefficient (Wildman–Crippen LogP) is 1.63. The van der Waals surface area contributed by atoms with Gasteiger partial charge in [-0.25, -0.2) is 9.37 Å². The molecule has 1 aromatic rings. The van der Waals surface area contributed by atoms with E-state index in [-0.39, 0.29) is 12.6 Å². The van der Waals surface area contributed by atoms with Crippen molar-refractivity contribution in [1.29, 1.82) is 0 Å². The second-order valence-corrected chi connectivity index (χ2v) is 4.12. The quantitative estimate of drug-likeness (QED) is 0.869. The minimum atomic E-state index is -0.397. The average molecular weight is 240 g/mol. The van der Waals surface area contributed by atoms with Crippen molar-refractivity contribution in [3.05, 3.63) is 23.6 Å². The molecule has 1 aliphatic heterocycles. The third kappa shape index (κ3) is 3.38. The second-order valence-electron chi connectivity index (χ2n) is 4.12. The number of hydrogen-bond donors (Lipinski definition) is 1. The first-order chi connectivity index (χ1) is 8.29. The molecule has 2 heterocycles. The van der Waals surface area contributed by atoms with Crippen LogP contribution in [0.1, 0.15) is 24.8 Å². The van der Waals surface area contributed by atoms with Crippen LogP contribution in [0.15, 0.2) is 12.3 Å². The van der Waals surface area contributed by atoms with Crippen LogP contribution in [0.3, 0.4) is 0 Å². The normalized spacial score (nSPS) is 20.2. The molecule has 1 saturated heterocycles. The van der Waals surface area contributed by atoms with Gasteiger partial charge in [-0.2, -0.15) is 0 Å². The lowest BCUT2D eigenvalue weighted by Crippen LogP contribution is -2.26. The van der Waals surface area contributed by atoms with E-state index < -0.39 is 5.82 Å². The molecule has 1 aromatic heterocycles. The van der Waals surface area contributed by atoms with E-state index in [4.69, 9.17) is 15.2 Å². The lowest BCUT2D eigenvalue weighted by molar-refractivity contribution is -0.0121. The molecule has 2 rings (SSSR count). The van der Waals surface area contributed by atoms with Crippen LogP contribution in [0.5, 0.6) is 5.88 Å². The van der Waals surface area contributed by atoms with Crippen molar-refractivity contribution in [2.24, 2.45) is 5.73 Å². The summed E-state index contributed by atoms with van der Waals surface area (Å²) in [5.41, 5.74) is 6.09. The molecule has 1 fully saturated rings. The maximum Gasteiger partial charge on any atom is 0.218 e. The van der Waals surface area contributed by atoms with E-state index >= 15 is 0 Å². The maximum atomic E-state index is 12.9. The van der Waals surface area contributed by atoms with Crippen molar-refractivity contribution in [1.82, 2.24) is 4.98 Å². The van der Waals surface area contributed by atoms with Crippen LogP contribution in [0, 0.1) is 5.82 Å².